The van der Waals surface area contributed by atoms with Gasteiger partial charge in [0.15, 0.2) is 12.2 Å². The van der Waals surface area contributed by atoms with Gasteiger partial charge in [-0.15, -0.1) is 0 Å². The molecule has 1 saturated heterocycles. The highest BCUT2D eigenvalue weighted by atomic mass is 16.5. The first kappa shape index (κ1) is 19.8. The number of esters is 1. The molecule has 0 saturated carbocycles. The van der Waals surface area contributed by atoms with Gasteiger partial charge in [0.1, 0.15) is 0 Å². The number of carbonyl (C=O) groups is 2. The maximum absolute atomic E-state index is 12.4. The van der Waals surface area contributed by atoms with Gasteiger partial charge in [0.25, 0.3) is 5.91 Å². The van der Waals surface area contributed by atoms with Crippen LogP contribution in [0.3, 0.4) is 0 Å². The number of para-hydroxylation sites is 3. The minimum absolute atomic E-state index is 0.0154. The Balaban J connectivity index is 1.23. The third kappa shape index (κ3) is 4.37. The fourth-order valence-corrected chi connectivity index (χ4v) is 3.59. The van der Waals surface area contributed by atoms with Gasteiger partial charge in [0.2, 0.25) is 0 Å². The summed E-state index contributed by atoms with van der Waals surface area (Å²) in [6.45, 7) is 2.49. The second-order valence-corrected chi connectivity index (χ2v) is 7.10. The second-order valence-electron chi connectivity index (χ2n) is 7.10. The lowest BCUT2D eigenvalue weighted by atomic mass is 10.2. The summed E-state index contributed by atoms with van der Waals surface area (Å²) in [7, 11) is 0. The molecule has 0 unspecified atom stereocenters. The number of aryl methyl sites for hydroxylation is 1. The van der Waals surface area contributed by atoms with Gasteiger partial charge in [-0.3, -0.25) is 14.2 Å². The summed E-state index contributed by atoms with van der Waals surface area (Å²) in [5, 5.41) is 0. The van der Waals surface area contributed by atoms with Gasteiger partial charge in [-0.1, -0.05) is 30.3 Å². The van der Waals surface area contributed by atoms with Crippen LogP contribution in [0, 0.1) is 0 Å². The van der Waals surface area contributed by atoms with Crippen molar-refractivity contribution >= 4 is 28.7 Å². The normalized spacial score (nSPS) is 14.1. The first-order valence-electron chi connectivity index (χ1n) is 9.93. The van der Waals surface area contributed by atoms with E-state index >= 15 is 0 Å². The van der Waals surface area contributed by atoms with Crippen molar-refractivity contribution in [3.8, 4) is 0 Å². The van der Waals surface area contributed by atoms with Gasteiger partial charge in [0, 0.05) is 38.4 Å². The minimum Gasteiger partial charge on any atom is -0.456 e. The van der Waals surface area contributed by atoms with Crippen molar-refractivity contribution in [1.82, 2.24) is 9.47 Å². The Morgan fingerprint density at radius 3 is 2.40 bits per heavy atom. The maximum Gasteiger partial charge on any atom is 0.419 e. The van der Waals surface area contributed by atoms with E-state index in [1.807, 2.05) is 30.3 Å². The molecule has 8 heteroatoms. The van der Waals surface area contributed by atoms with Crippen LogP contribution in [0.1, 0.15) is 6.42 Å². The van der Waals surface area contributed by atoms with E-state index in [-0.39, 0.29) is 25.5 Å². The van der Waals surface area contributed by atoms with Gasteiger partial charge in [-0.25, -0.2) is 4.79 Å². The van der Waals surface area contributed by atoms with E-state index in [0.29, 0.717) is 24.2 Å². The number of fused-ring (bicyclic) bond motifs is 1. The number of oxazole rings is 1. The van der Waals surface area contributed by atoms with E-state index in [4.69, 9.17) is 9.15 Å². The molecule has 1 aliphatic rings. The summed E-state index contributed by atoms with van der Waals surface area (Å²) in [5.41, 5.74) is 2.24. The average molecular weight is 409 g/mol. The van der Waals surface area contributed by atoms with Crippen molar-refractivity contribution in [3.05, 3.63) is 65.1 Å². The predicted molar refractivity (Wildman–Crippen MR) is 111 cm³/mol. The molecule has 0 radical (unpaired) electrons. The lowest BCUT2D eigenvalue weighted by molar-refractivity contribution is -0.152. The smallest absolute Gasteiger partial charge is 0.419 e. The maximum atomic E-state index is 12.4. The number of anilines is 1. The zero-order chi connectivity index (χ0) is 20.9. The monoisotopic (exact) mass is 409 g/mol. The van der Waals surface area contributed by atoms with Gasteiger partial charge < -0.3 is 19.0 Å². The first-order chi connectivity index (χ1) is 14.6. The van der Waals surface area contributed by atoms with E-state index in [1.54, 1.807) is 29.2 Å². The summed E-state index contributed by atoms with van der Waals surface area (Å²) < 4.78 is 11.7. The molecule has 0 N–H and O–H groups in total. The van der Waals surface area contributed by atoms with Crippen molar-refractivity contribution in [3.63, 3.8) is 0 Å². The van der Waals surface area contributed by atoms with Crippen LogP contribution < -0.4 is 10.7 Å². The molecule has 8 nitrogen and oxygen atoms in total. The Kier molecular flexibility index (Phi) is 5.83. The molecule has 1 aliphatic heterocycles. The van der Waals surface area contributed by atoms with Crippen LogP contribution in [0.25, 0.3) is 11.1 Å². The zero-order valence-corrected chi connectivity index (χ0v) is 16.5. The second kappa shape index (κ2) is 8.86. The third-order valence-corrected chi connectivity index (χ3v) is 5.22. The Bertz CT molecular complexity index is 1080. The minimum atomic E-state index is -0.525. The lowest BCUT2D eigenvalue weighted by Gasteiger charge is -2.36. The summed E-state index contributed by atoms with van der Waals surface area (Å²) in [4.78, 5) is 40.3. The molecule has 0 atom stereocenters. The zero-order valence-electron chi connectivity index (χ0n) is 16.5. The number of hydrogen-bond donors (Lipinski definition) is 0. The van der Waals surface area contributed by atoms with Crippen LogP contribution in [-0.4, -0.2) is 54.1 Å². The average Bonchev–Trinajstić information content (AvgIpc) is 3.11. The number of carbonyl (C=O) groups excluding carboxylic acids is 2. The highest BCUT2D eigenvalue weighted by Gasteiger charge is 2.22. The Labute approximate surface area is 173 Å². The van der Waals surface area contributed by atoms with Crippen LogP contribution in [0.4, 0.5) is 5.69 Å². The SMILES string of the molecule is O=C(CCn1c(=O)oc2ccccc21)OCC(=O)N1CCN(c2ccccc2)CC1. The summed E-state index contributed by atoms with van der Waals surface area (Å²) >= 11 is 0. The molecular formula is C22H23N3O5. The molecule has 2 heterocycles. The van der Waals surface area contributed by atoms with Crippen LogP contribution in [0.15, 0.2) is 63.8 Å². The standard InChI is InChI=1S/C22H23N3O5/c26-20(24-14-12-23(13-15-24)17-6-2-1-3-7-17)16-29-21(27)10-11-25-18-8-4-5-9-19(18)30-22(25)28/h1-9H,10-16H2. The highest BCUT2D eigenvalue weighted by Crippen LogP contribution is 2.16. The van der Waals surface area contributed by atoms with Gasteiger partial charge >= 0.3 is 11.7 Å². The fraction of sp³-hybridized carbons (Fsp3) is 0.318. The molecule has 156 valence electrons. The van der Waals surface area contributed by atoms with Crippen LogP contribution in [-0.2, 0) is 20.9 Å². The van der Waals surface area contributed by atoms with Crippen molar-refractivity contribution in [2.24, 2.45) is 0 Å². The first-order valence-corrected chi connectivity index (χ1v) is 9.93. The largest absolute Gasteiger partial charge is 0.456 e. The number of benzene rings is 2. The van der Waals surface area contributed by atoms with Crippen LogP contribution in [0.2, 0.25) is 0 Å². The number of amides is 1. The molecule has 2 aromatic carbocycles. The Morgan fingerprint density at radius 2 is 1.63 bits per heavy atom. The Morgan fingerprint density at radius 1 is 0.933 bits per heavy atom. The van der Waals surface area contributed by atoms with E-state index in [1.165, 1.54) is 4.57 Å². The van der Waals surface area contributed by atoms with E-state index in [9.17, 15) is 14.4 Å². The molecule has 1 fully saturated rings. The predicted octanol–water partition coefficient (Wildman–Crippen LogP) is 1.88. The van der Waals surface area contributed by atoms with Gasteiger partial charge in [-0.2, -0.15) is 0 Å². The summed E-state index contributed by atoms with van der Waals surface area (Å²) in [5.74, 6) is -1.25. The molecular weight excluding hydrogens is 386 g/mol. The van der Waals surface area contributed by atoms with Crippen molar-refractivity contribution < 1.29 is 18.7 Å². The Hall–Kier alpha value is -3.55. The van der Waals surface area contributed by atoms with Gasteiger partial charge in [-0.05, 0) is 24.3 Å². The molecule has 0 spiro atoms. The van der Waals surface area contributed by atoms with Gasteiger partial charge in [0.05, 0.1) is 11.9 Å². The summed E-state index contributed by atoms with van der Waals surface area (Å²) in [6, 6.07) is 17.1. The molecule has 3 aromatic rings. The number of nitrogens with zero attached hydrogens (tertiary/aromatic N) is 3. The highest BCUT2D eigenvalue weighted by molar-refractivity contribution is 5.81. The molecule has 1 amide bonds. The van der Waals surface area contributed by atoms with E-state index in [2.05, 4.69) is 4.90 Å². The molecule has 0 aliphatic carbocycles. The molecule has 4 rings (SSSR count). The number of hydrogen-bond acceptors (Lipinski definition) is 6. The van der Waals surface area contributed by atoms with Crippen molar-refractivity contribution in [2.45, 2.75) is 13.0 Å². The molecule has 1 aromatic heterocycles. The van der Waals surface area contributed by atoms with Crippen LogP contribution >= 0.6 is 0 Å². The van der Waals surface area contributed by atoms with E-state index in [0.717, 1.165) is 18.8 Å². The van der Waals surface area contributed by atoms with Crippen molar-refractivity contribution in [2.75, 3.05) is 37.7 Å². The van der Waals surface area contributed by atoms with E-state index < -0.39 is 11.7 Å². The third-order valence-electron chi connectivity index (χ3n) is 5.22. The van der Waals surface area contributed by atoms with Crippen molar-refractivity contribution in [1.29, 1.82) is 0 Å². The molecule has 30 heavy (non-hydrogen) atoms. The quantitative estimate of drug-likeness (QED) is 0.578. The van der Waals surface area contributed by atoms with Crippen LogP contribution in [0.5, 0.6) is 0 Å². The topological polar surface area (TPSA) is 85.0 Å². The number of piperazine rings is 1. The number of aromatic nitrogens is 1. The number of rotatable bonds is 6. The number of ether oxygens (including phenoxy) is 1. The summed E-state index contributed by atoms with van der Waals surface area (Å²) in [6.07, 6.45) is -0.0154. The lowest BCUT2D eigenvalue weighted by Crippen LogP contribution is -2.49. The molecule has 0 bridgehead atoms. The fourth-order valence-electron chi connectivity index (χ4n) is 3.59.